The summed E-state index contributed by atoms with van der Waals surface area (Å²) in [6, 6.07) is 6.16. The molecular formula is C14H15FO3. The molecule has 0 spiro atoms. The van der Waals surface area contributed by atoms with Crippen molar-refractivity contribution in [3.8, 4) is 0 Å². The Balaban J connectivity index is 2.36. The zero-order valence-corrected chi connectivity index (χ0v) is 10.4. The highest BCUT2D eigenvalue weighted by Crippen LogP contribution is 2.23. The molecule has 2 rings (SSSR count). The summed E-state index contributed by atoms with van der Waals surface area (Å²) in [5.74, 6) is -0.554. The van der Waals surface area contributed by atoms with Gasteiger partial charge in [-0.25, -0.2) is 4.39 Å². The second-order valence-corrected chi connectivity index (χ2v) is 3.99. The van der Waals surface area contributed by atoms with Gasteiger partial charge in [0.1, 0.15) is 6.10 Å². The van der Waals surface area contributed by atoms with Gasteiger partial charge in [-0.15, -0.1) is 0 Å². The van der Waals surface area contributed by atoms with Crippen LogP contribution < -0.4 is 0 Å². The normalized spacial score (nSPS) is 12.8. The summed E-state index contributed by atoms with van der Waals surface area (Å²) >= 11 is 0. The lowest BCUT2D eigenvalue weighted by atomic mass is 10.1. The first-order valence-electron chi connectivity index (χ1n) is 6.01. The van der Waals surface area contributed by atoms with Crippen molar-refractivity contribution >= 4 is 16.8 Å². The molecule has 0 bridgehead atoms. The number of ketones is 1. The molecule has 96 valence electrons. The molecule has 1 aromatic heterocycles. The molecule has 0 aliphatic rings. The summed E-state index contributed by atoms with van der Waals surface area (Å²) < 4.78 is 24.1. The fourth-order valence-electron chi connectivity index (χ4n) is 1.89. The fourth-order valence-corrected chi connectivity index (χ4v) is 1.89. The third kappa shape index (κ3) is 2.29. The Hall–Kier alpha value is -1.68. The third-order valence-electron chi connectivity index (χ3n) is 2.77. The Labute approximate surface area is 105 Å². The average molecular weight is 250 g/mol. The minimum atomic E-state index is -0.529. The number of halogens is 1. The molecule has 0 aliphatic heterocycles. The van der Waals surface area contributed by atoms with Crippen LogP contribution in [-0.4, -0.2) is 18.5 Å². The molecule has 0 radical (unpaired) electrons. The molecule has 0 saturated heterocycles. The molecule has 1 atom stereocenters. The van der Waals surface area contributed by atoms with Gasteiger partial charge < -0.3 is 9.15 Å². The molecule has 0 N–H and O–H groups in total. The van der Waals surface area contributed by atoms with Crippen LogP contribution in [0.4, 0.5) is 4.39 Å². The zero-order valence-electron chi connectivity index (χ0n) is 10.4. The maximum absolute atomic E-state index is 13.5. The number of carbonyl (C=O) groups is 1. The van der Waals surface area contributed by atoms with E-state index in [9.17, 15) is 9.18 Å². The van der Waals surface area contributed by atoms with E-state index in [0.29, 0.717) is 18.4 Å². The SMILES string of the molecule is CCOC(CC)C(=O)c1cc2cccc(F)c2o1. The lowest BCUT2D eigenvalue weighted by Gasteiger charge is -2.11. The van der Waals surface area contributed by atoms with Crippen LogP contribution in [0.2, 0.25) is 0 Å². The van der Waals surface area contributed by atoms with E-state index in [4.69, 9.17) is 9.15 Å². The van der Waals surface area contributed by atoms with Gasteiger partial charge in [0.05, 0.1) is 0 Å². The van der Waals surface area contributed by atoms with Crippen LogP contribution >= 0.6 is 0 Å². The van der Waals surface area contributed by atoms with Crippen LogP contribution in [0.3, 0.4) is 0 Å². The summed E-state index contributed by atoms with van der Waals surface area (Å²) in [4.78, 5) is 12.1. The maximum atomic E-state index is 13.5. The number of fused-ring (bicyclic) bond motifs is 1. The number of Topliss-reactive ketones (excluding diaryl/α,β-unsaturated/α-hetero) is 1. The molecule has 1 heterocycles. The number of carbonyl (C=O) groups excluding carboxylic acids is 1. The second-order valence-electron chi connectivity index (χ2n) is 3.99. The van der Waals surface area contributed by atoms with E-state index in [0.717, 1.165) is 0 Å². The lowest BCUT2D eigenvalue weighted by molar-refractivity contribution is 0.0421. The first-order valence-corrected chi connectivity index (χ1v) is 6.01. The Morgan fingerprint density at radius 2 is 2.22 bits per heavy atom. The smallest absolute Gasteiger partial charge is 0.226 e. The van der Waals surface area contributed by atoms with Gasteiger partial charge in [-0.1, -0.05) is 19.1 Å². The number of rotatable bonds is 5. The van der Waals surface area contributed by atoms with Gasteiger partial charge in [0.25, 0.3) is 0 Å². The van der Waals surface area contributed by atoms with Gasteiger partial charge in [0, 0.05) is 12.0 Å². The van der Waals surface area contributed by atoms with Crippen molar-refractivity contribution in [1.82, 2.24) is 0 Å². The summed E-state index contributed by atoms with van der Waals surface area (Å²) in [5, 5.41) is 0.588. The van der Waals surface area contributed by atoms with Crippen LogP contribution in [0.5, 0.6) is 0 Å². The minimum absolute atomic E-state index is 0.118. The predicted octanol–water partition coefficient (Wildman–Crippen LogP) is 3.57. The molecule has 1 aromatic carbocycles. The largest absolute Gasteiger partial charge is 0.450 e. The van der Waals surface area contributed by atoms with E-state index < -0.39 is 11.9 Å². The van der Waals surface area contributed by atoms with Crippen LogP contribution in [-0.2, 0) is 4.74 Å². The van der Waals surface area contributed by atoms with Crippen molar-refractivity contribution in [2.24, 2.45) is 0 Å². The van der Waals surface area contributed by atoms with E-state index in [1.54, 1.807) is 18.2 Å². The van der Waals surface area contributed by atoms with E-state index in [-0.39, 0.29) is 17.1 Å². The Kier molecular flexibility index (Phi) is 3.77. The van der Waals surface area contributed by atoms with E-state index >= 15 is 0 Å². The van der Waals surface area contributed by atoms with Gasteiger partial charge >= 0.3 is 0 Å². The van der Waals surface area contributed by atoms with Crippen LogP contribution in [0, 0.1) is 5.82 Å². The highest BCUT2D eigenvalue weighted by atomic mass is 19.1. The molecule has 3 nitrogen and oxygen atoms in total. The molecular weight excluding hydrogens is 235 g/mol. The Morgan fingerprint density at radius 3 is 2.83 bits per heavy atom. The van der Waals surface area contributed by atoms with Gasteiger partial charge in [-0.2, -0.15) is 0 Å². The highest BCUT2D eigenvalue weighted by Gasteiger charge is 2.22. The standard InChI is InChI=1S/C14H15FO3/c1-3-11(17-4-2)13(16)12-8-9-6-5-7-10(15)14(9)18-12/h5-8,11H,3-4H2,1-2H3. The molecule has 18 heavy (non-hydrogen) atoms. The van der Waals surface area contributed by atoms with Crippen molar-refractivity contribution in [1.29, 1.82) is 0 Å². The summed E-state index contributed by atoms with van der Waals surface area (Å²) in [7, 11) is 0. The zero-order chi connectivity index (χ0) is 13.1. The fraction of sp³-hybridized carbons (Fsp3) is 0.357. The lowest BCUT2D eigenvalue weighted by Crippen LogP contribution is -2.23. The first-order chi connectivity index (χ1) is 8.67. The van der Waals surface area contributed by atoms with Crippen molar-refractivity contribution < 1.29 is 18.3 Å². The number of benzene rings is 1. The predicted molar refractivity (Wildman–Crippen MR) is 66.2 cm³/mol. The molecule has 1 unspecified atom stereocenters. The number of hydrogen-bond donors (Lipinski definition) is 0. The summed E-state index contributed by atoms with van der Waals surface area (Å²) in [6.07, 6.45) is 0.0327. The summed E-state index contributed by atoms with van der Waals surface area (Å²) in [5.41, 5.74) is 0.118. The second kappa shape index (κ2) is 5.31. The molecule has 0 fully saturated rings. The van der Waals surface area contributed by atoms with Gasteiger partial charge in [-0.05, 0) is 25.5 Å². The molecule has 0 saturated carbocycles. The average Bonchev–Trinajstić information content (AvgIpc) is 2.80. The third-order valence-corrected chi connectivity index (χ3v) is 2.77. The van der Waals surface area contributed by atoms with Gasteiger partial charge in [0.2, 0.25) is 5.78 Å². The number of para-hydroxylation sites is 1. The van der Waals surface area contributed by atoms with Gasteiger partial charge in [-0.3, -0.25) is 4.79 Å². The van der Waals surface area contributed by atoms with Crippen molar-refractivity contribution in [2.45, 2.75) is 26.4 Å². The molecule has 4 heteroatoms. The number of furan rings is 1. The monoisotopic (exact) mass is 250 g/mol. The topological polar surface area (TPSA) is 39.4 Å². The van der Waals surface area contributed by atoms with E-state index in [2.05, 4.69) is 0 Å². The number of hydrogen-bond acceptors (Lipinski definition) is 3. The quantitative estimate of drug-likeness (QED) is 0.761. The minimum Gasteiger partial charge on any atom is -0.450 e. The van der Waals surface area contributed by atoms with Crippen LogP contribution in [0.1, 0.15) is 30.8 Å². The maximum Gasteiger partial charge on any atom is 0.226 e. The molecule has 0 aliphatic carbocycles. The van der Waals surface area contributed by atoms with Crippen molar-refractivity contribution in [2.75, 3.05) is 6.61 Å². The Bertz CT molecular complexity index is 559. The van der Waals surface area contributed by atoms with Crippen LogP contribution in [0.25, 0.3) is 11.0 Å². The molecule has 2 aromatic rings. The van der Waals surface area contributed by atoms with Crippen molar-refractivity contribution in [3.63, 3.8) is 0 Å². The van der Waals surface area contributed by atoms with Crippen LogP contribution in [0.15, 0.2) is 28.7 Å². The molecule has 0 amide bonds. The Morgan fingerprint density at radius 1 is 1.44 bits per heavy atom. The van der Waals surface area contributed by atoms with E-state index in [1.165, 1.54) is 6.07 Å². The van der Waals surface area contributed by atoms with Gasteiger partial charge in [0.15, 0.2) is 17.2 Å². The first kappa shape index (κ1) is 12.8. The van der Waals surface area contributed by atoms with Crippen molar-refractivity contribution in [3.05, 3.63) is 35.8 Å². The summed E-state index contributed by atoms with van der Waals surface area (Å²) in [6.45, 7) is 4.15. The van der Waals surface area contributed by atoms with E-state index in [1.807, 2.05) is 13.8 Å². The highest BCUT2D eigenvalue weighted by molar-refractivity contribution is 6.00. The number of ether oxygens (including phenoxy) is 1.